The molecule has 0 unspecified atom stereocenters. The number of halogens is 1. The van der Waals surface area contributed by atoms with Gasteiger partial charge in [-0.05, 0) is 36.6 Å². The van der Waals surface area contributed by atoms with Crippen LogP contribution in [0.5, 0.6) is 0 Å². The van der Waals surface area contributed by atoms with Crippen LogP contribution in [0.15, 0.2) is 33.8 Å². The van der Waals surface area contributed by atoms with Crippen molar-refractivity contribution < 1.29 is 4.52 Å². The summed E-state index contributed by atoms with van der Waals surface area (Å²) in [5.74, 6) is 2.17. The van der Waals surface area contributed by atoms with E-state index in [2.05, 4.69) is 34.3 Å². The molecule has 0 fully saturated rings. The maximum absolute atomic E-state index is 5.86. The van der Waals surface area contributed by atoms with Crippen LogP contribution in [0.3, 0.4) is 0 Å². The number of rotatable bonds is 7. The lowest BCUT2D eigenvalue weighted by molar-refractivity contribution is 0.379. The van der Waals surface area contributed by atoms with Gasteiger partial charge in [-0.1, -0.05) is 30.6 Å². The molecule has 23 heavy (non-hydrogen) atoms. The number of aromatic nitrogens is 2. The molecule has 0 saturated carbocycles. The van der Waals surface area contributed by atoms with Crippen LogP contribution in [0, 0.1) is 5.92 Å². The molecule has 0 spiro atoms. The Labute approximate surface area is 141 Å². The van der Waals surface area contributed by atoms with Crippen LogP contribution in [0.4, 0.5) is 0 Å². The fourth-order valence-electron chi connectivity index (χ4n) is 1.87. The smallest absolute Gasteiger partial charge is 0.228 e. The third-order valence-electron chi connectivity index (χ3n) is 3.20. The maximum atomic E-state index is 5.86. The van der Waals surface area contributed by atoms with Crippen LogP contribution >= 0.6 is 11.6 Å². The topological polar surface area (TPSA) is 89.3 Å². The van der Waals surface area contributed by atoms with Crippen LogP contribution in [0.1, 0.15) is 26.2 Å². The Hall–Kier alpha value is -2.08. The average molecular weight is 336 g/mol. The highest BCUT2D eigenvalue weighted by Crippen LogP contribution is 2.18. The van der Waals surface area contributed by atoms with E-state index in [1.54, 1.807) is 12.1 Å². The molecule has 0 aliphatic carbocycles. The van der Waals surface area contributed by atoms with Gasteiger partial charge in [0.15, 0.2) is 5.96 Å². The molecule has 7 heteroatoms. The summed E-state index contributed by atoms with van der Waals surface area (Å²) >= 11 is 5.86. The summed E-state index contributed by atoms with van der Waals surface area (Å²) in [4.78, 5) is 8.61. The highest BCUT2D eigenvalue weighted by molar-refractivity contribution is 6.30. The van der Waals surface area contributed by atoms with E-state index in [9.17, 15) is 0 Å². The molecular formula is C16H22ClN5O. The minimum absolute atomic E-state index is 0.447. The Morgan fingerprint density at radius 3 is 2.78 bits per heavy atom. The van der Waals surface area contributed by atoms with E-state index in [1.165, 1.54) is 0 Å². The molecule has 1 aromatic carbocycles. The Kier molecular flexibility index (Phi) is 6.40. The Morgan fingerprint density at radius 2 is 2.09 bits per heavy atom. The molecule has 0 radical (unpaired) electrons. The largest absolute Gasteiger partial charge is 0.370 e. The van der Waals surface area contributed by atoms with Gasteiger partial charge in [0.25, 0.3) is 0 Å². The summed E-state index contributed by atoms with van der Waals surface area (Å²) in [5.41, 5.74) is 6.66. The molecule has 3 N–H and O–H groups in total. The molecule has 0 atom stereocenters. The Bertz CT molecular complexity index is 636. The van der Waals surface area contributed by atoms with E-state index in [4.69, 9.17) is 21.9 Å². The first-order valence-corrected chi connectivity index (χ1v) is 8.04. The highest BCUT2D eigenvalue weighted by Gasteiger charge is 2.08. The molecule has 2 rings (SSSR count). The van der Waals surface area contributed by atoms with Gasteiger partial charge in [-0.15, -0.1) is 0 Å². The molecule has 1 aromatic heterocycles. The predicted molar refractivity (Wildman–Crippen MR) is 92.4 cm³/mol. The van der Waals surface area contributed by atoms with Gasteiger partial charge in [-0.3, -0.25) is 4.99 Å². The lowest BCUT2D eigenvalue weighted by Gasteiger charge is -2.04. The van der Waals surface area contributed by atoms with E-state index in [0.717, 1.165) is 18.5 Å². The summed E-state index contributed by atoms with van der Waals surface area (Å²) in [6.45, 7) is 5.65. The number of nitrogens with two attached hydrogens (primary N) is 1. The van der Waals surface area contributed by atoms with Crippen LogP contribution in [0.25, 0.3) is 11.4 Å². The monoisotopic (exact) mass is 335 g/mol. The fourth-order valence-corrected chi connectivity index (χ4v) is 2.00. The van der Waals surface area contributed by atoms with Gasteiger partial charge in [-0.25, -0.2) is 0 Å². The van der Waals surface area contributed by atoms with Crippen molar-refractivity contribution in [3.05, 3.63) is 35.2 Å². The van der Waals surface area contributed by atoms with E-state index in [-0.39, 0.29) is 0 Å². The molecule has 0 amide bonds. The molecule has 0 aliphatic rings. The number of guanidine groups is 1. The van der Waals surface area contributed by atoms with Gasteiger partial charge in [0.05, 0.1) is 0 Å². The predicted octanol–water partition coefficient (Wildman–Crippen LogP) is 2.88. The number of aliphatic imine (C=N–C) groups is 1. The quantitative estimate of drug-likeness (QED) is 0.600. The van der Waals surface area contributed by atoms with Crippen molar-refractivity contribution in [2.45, 2.75) is 26.7 Å². The summed E-state index contributed by atoms with van der Waals surface area (Å²) in [5, 5.41) is 7.68. The third kappa shape index (κ3) is 5.90. The van der Waals surface area contributed by atoms with Gasteiger partial charge < -0.3 is 15.6 Å². The van der Waals surface area contributed by atoms with Crippen molar-refractivity contribution in [3.63, 3.8) is 0 Å². The first-order valence-electron chi connectivity index (χ1n) is 7.67. The van der Waals surface area contributed by atoms with Crippen molar-refractivity contribution in [2.24, 2.45) is 16.6 Å². The van der Waals surface area contributed by atoms with Crippen LogP contribution in [-0.4, -0.2) is 29.2 Å². The van der Waals surface area contributed by atoms with Crippen molar-refractivity contribution in [1.29, 1.82) is 0 Å². The minimum Gasteiger partial charge on any atom is -0.370 e. The van der Waals surface area contributed by atoms with Crippen LogP contribution < -0.4 is 11.1 Å². The standard InChI is InChI=1S/C16H22ClN5O/c1-11(2)7-9-19-16(18)20-10-8-14-21-15(22-23-14)12-3-5-13(17)6-4-12/h3-6,11H,7-10H2,1-2H3,(H3,18,19,20). The SMILES string of the molecule is CC(C)CCN=C(N)NCCc1nc(-c2ccc(Cl)cc2)no1. The van der Waals surface area contributed by atoms with E-state index in [0.29, 0.717) is 41.6 Å². The zero-order valence-electron chi connectivity index (χ0n) is 13.4. The molecule has 2 aromatic rings. The zero-order valence-corrected chi connectivity index (χ0v) is 14.2. The lowest BCUT2D eigenvalue weighted by Crippen LogP contribution is -2.33. The number of benzene rings is 1. The number of hydrogen-bond donors (Lipinski definition) is 2. The molecular weight excluding hydrogens is 314 g/mol. The summed E-state index contributed by atoms with van der Waals surface area (Å²) in [6.07, 6.45) is 1.61. The van der Waals surface area contributed by atoms with E-state index < -0.39 is 0 Å². The van der Waals surface area contributed by atoms with Gasteiger partial charge in [0, 0.05) is 30.1 Å². The minimum atomic E-state index is 0.447. The number of nitrogens with one attached hydrogen (secondary N) is 1. The summed E-state index contributed by atoms with van der Waals surface area (Å²) in [6, 6.07) is 7.30. The molecule has 1 heterocycles. The second-order valence-corrected chi connectivity index (χ2v) is 6.08. The normalized spacial score (nSPS) is 11.9. The third-order valence-corrected chi connectivity index (χ3v) is 3.46. The molecule has 0 bridgehead atoms. The maximum Gasteiger partial charge on any atom is 0.228 e. The van der Waals surface area contributed by atoms with E-state index >= 15 is 0 Å². The average Bonchev–Trinajstić information content (AvgIpc) is 2.96. The highest BCUT2D eigenvalue weighted by atomic mass is 35.5. The van der Waals surface area contributed by atoms with Crippen molar-refractivity contribution in [2.75, 3.05) is 13.1 Å². The Morgan fingerprint density at radius 1 is 1.35 bits per heavy atom. The fraction of sp³-hybridized carbons (Fsp3) is 0.438. The second kappa shape index (κ2) is 8.53. The molecule has 124 valence electrons. The summed E-state index contributed by atoms with van der Waals surface area (Å²) < 4.78 is 5.23. The van der Waals surface area contributed by atoms with Crippen LogP contribution in [-0.2, 0) is 6.42 Å². The van der Waals surface area contributed by atoms with Crippen molar-refractivity contribution in [3.8, 4) is 11.4 Å². The number of nitrogens with zero attached hydrogens (tertiary/aromatic N) is 3. The first kappa shape index (κ1) is 17.3. The van der Waals surface area contributed by atoms with Gasteiger partial charge in [0.2, 0.25) is 11.7 Å². The van der Waals surface area contributed by atoms with Crippen molar-refractivity contribution >= 4 is 17.6 Å². The lowest BCUT2D eigenvalue weighted by atomic mass is 10.1. The van der Waals surface area contributed by atoms with Gasteiger partial charge >= 0.3 is 0 Å². The Balaban J connectivity index is 1.80. The number of hydrogen-bond acceptors (Lipinski definition) is 4. The van der Waals surface area contributed by atoms with Crippen molar-refractivity contribution in [1.82, 2.24) is 15.5 Å². The molecule has 0 aliphatic heterocycles. The zero-order chi connectivity index (χ0) is 16.7. The summed E-state index contributed by atoms with van der Waals surface area (Å²) in [7, 11) is 0. The second-order valence-electron chi connectivity index (χ2n) is 5.64. The molecule has 6 nitrogen and oxygen atoms in total. The molecule has 0 saturated heterocycles. The van der Waals surface area contributed by atoms with Gasteiger partial charge in [0.1, 0.15) is 0 Å². The van der Waals surface area contributed by atoms with Gasteiger partial charge in [-0.2, -0.15) is 4.98 Å². The van der Waals surface area contributed by atoms with Crippen LogP contribution in [0.2, 0.25) is 5.02 Å². The first-order chi connectivity index (χ1) is 11.0. The van der Waals surface area contributed by atoms with E-state index in [1.807, 2.05) is 12.1 Å².